The van der Waals surface area contributed by atoms with Crippen LogP contribution in [0, 0.1) is 30.5 Å². The summed E-state index contributed by atoms with van der Waals surface area (Å²) in [5.74, 6) is 1.98. The van der Waals surface area contributed by atoms with Gasteiger partial charge in [0.2, 0.25) is 5.91 Å². The third-order valence-electron chi connectivity index (χ3n) is 6.09. The van der Waals surface area contributed by atoms with Crippen molar-refractivity contribution in [2.45, 2.75) is 38.1 Å². The molecule has 1 amide bonds. The second-order valence-electron chi connectivity index (χ2n) is 7.48. The maximum absolute atomic E-state index is 13.2. The zero-order valence-corrected chi connectivity index (χ0v) is 13.4. The molecule has 1 aliphatic heterocycles. The monoisotopic (exact) mass is 327 g/mol. The Morgan fingerprint density at radius 3 is 3.08 bits per heavy atom. The highest BCUT2D eigenvalue weighted by Crippen LogP contribution is 2.61. The highest BCUT2D eigenvalue weighted by atomic mass is 19.1. The van der Waals surface area contributed by atoms with Gasteiger partial charge in [-0.2, -0.15) is 4.98 Å². The molecule has 2 aliphatic carbocycles. The van der Waals surface area contributed by atoms with Crippen molar-refractivity contribution in [2.24, 2.45) is 17.8 Å². The van der Waals surface area contributed by atoms with Gasteiger partial charge in [0.05, 0.1) is 0 Å². The lowest BCUT2D eigenvalue weighted by atomic mass is 9.79. The van der Waals surface area contributed by atoms with E-state index in [4.69, 9.17) is 4.52 Å². The topological polar surface area (TPSA) is 68.0 Å². The maximum atomic E-state index is 13.2. The molecule has 1 N–H and O–H groups in total. The molecular formula is C18H18FN3O2. The fourth-order valence-corrected chi connectivity index (χ4v) is 5.04. The van der Waals surface area contributed by atoms with Crippen LogP contribution in [0.5, 0.6) is 0 Å². The minimum absolute atomic E-state index is 0.110. The number of hydrogen-bond donors (Lipinski definition) is 1. The van der Waals surface area contributed by atoms with E-state index in [1.165, 1.54) is 12.1 Å². The summed E-state index contributed by atoms with van der Waals surface area (Å²) in [6.07, 6.45) is 3.46. The predicted octanol–water partition coefficient (Wildman–Crippen LogP) is 2.48. The largest absolute Gasteiger partial charge is 0.341 e. The van der Waals surface area contributed by atoms with Crippen molar-refractivity contribution in [3.05, 3.63) is 46.9 Å². The number of benzene rings is 1. The molecule has 4 atom stereocenters. The Bertz CT molecular complexity index is 849. The molecule has 124 valence electrons. The van der Waals surface area contributed by atoms with E-state index in [-0.39, 0.29) is 23.6 Å². The van der Waals surface area contributed by atoms with Crippen molar-refractivity contribution in [1.29, 1.82) is 0 Å². The SMILES string of the molecule is Cc1cc(F)ccc1Cc1noc(C23CC4CC(C(=O)N2)C3C4)n1. The Hall–Kier alpha value is -2.24. The molecule has 2 heterocycles. The van der Waals surface area contributed by atoms with Crippen LogP contribution in [0.1, 0.15) is 42.1 Å². The third kappa shape index (κ3) is 1.82. The summed E-state index contributed by atoms with van der Waals surface area (Å²) < 4.78 is 18.8. The highest BCUT2D eigenvalue weighted by molar-refractivity contribution is 5.84. The molecule has 3 fully saturated rings. The van der Waals surface area contributed by atoms with Gasteiger partial charge in [0.1, 0.15) is 11.4 Å². The van der Waals surface area contributed by atoms with Gasteiger partial charge in [-0.3, -0.25) is 4.79 Å². The van der Waals surface area contributed by atoms with Gasteiger partial charge in [0.15, 0.2) is 5.82 Å². The Kier molecular flexibility index (Phi) is 2.74. The molecular weight excluding hydrogens is 309 g/mol. The van der Waals surface area contributed by atoms with Gasteiger partial charge < -0.3 is 9.84 Å². The predicted molar refractivity (Wildman–Crippen MR) is 82.4 cm³/mol. The van der Waals surface area contributed by atoms with E-state index in [1.807, 2.05) is 6.92 Å². The van der Waals surface area contributed by atoms with Gasteiger partial charge >= 0.3 is 0 Å². The fraction of sp³-hybridized carbons (Fsp3) is 0.500. The maximum Gasteiger partial charge on any atom is 0.252 e. The molecule has 2 saturated carbocycles. The molecule has 4 unspecified atom stereocenters. The third-order valence-corrected chi connectivity index (χ3v) is 6.09. The number of hydrogen-bond acceptors (Lipinski definition) is 4. The van der Waals surface area contributed by atoms with Gasteiger partial charge in [-0.1, -0.05) is 11.2 Å². The minimum atomic E-state index is -0.451. The number of carbonyl (C=O) groups is 1. The molecule has 1 aromatic carbocycles. The number of halogens is 1. The standard InChI is InChI=1S/C18H18FN3O2/c1-9-4-12(19)3-2-11(9)7-15-20-17(24-22-15)18-8-10-5-13(14(18)6-10)16(23)21-18/h2-4,10,13-14H,5-8H2,1H3,(H,21,23). The Balaban J connectivity index is 1.45. The smallest absolute Gasteiger partial charge is 0.252 e. The molecule has 5 rings (SSSR count). The van der Waals surface area contributed by atoms with Gasteiger partial charge in [-0.05, 0) is 55.4 Å². The summed E-state index contributed by atoms with van der Waals surface area (Å²) >= 11 is 0. The van der Waals surface area contributed by atoms with E-state index in [0.717, 1.165) is 30.4 Å². The van der Waals surface area contributed by atoms with Crippen LogP contribution in [-0.2, 0) is 16.8 Å². The van der Waals surface area contributed by atoms with Gasteiger partial charge in [-0.15, -0.1) is 0 Å². The highest BCUT2D eigenvalue weighted by Gasteiger charge is 2.66. The lowest BCUT2D eigenvalue weighted by Crippen LogP contribution is -2.41. The van der Waals surface area contributed by atoms with Crippen LogP contribution in [0.3, 0.4) is 0 Å². The number of amides is 1. The van der Waals surface area contributed by atoms with E-state index in [1.54, 1.807) is 6.07 Å². The van der Waals surface area contributed by atoms with E-state index in [0.29, 0.717) is 24.1 Å². The van der Waals surface area contributed by atoms with E-state index < -0.39 is 5.54 Å². The van der Waals surface area contributed by atoms with E-state index >= 15 is 0 Å². The molecule has 6 heteroatoms. The molecule has 5 nitrogen and oxygen atoms in total. The number of fused-ring (bicyclic) bond motifs is 1. The molecule has 0 radical (unpaired) electrons. The number of rotatable bonds is 3. The van der Waals surface area contributed by atoms with E-state index in [2.05, 4.69) is 15.5 Å². The number of aryl methyl sites for hydroxylation is 1. The molecule has 24 heavy (non-hydrogen) atoms. The van der Waals surface area contributed by atoms with Gasteiger partial charge in [-0.25, -0.2) is 4.39 Å². The number of nitrogens with zero attached hydrogens (tertiary/aromatic N) is 2. The van der Waals surface area contributed by atoms with Crippen LogP contribution in [-0.4, -0.2) is 16.0 Å². The lowest BCUT2D eigenvalue weighted by molar-refractivity contribution is -0.122. The van der Waals surface area contributed by atoms with Crippen LogP contribution >= 0.6 is 0 Å². The lowest BCUT2D eigenvalue weighted by Gasteiger charge is -2.28. The molecule has 1 aromatic heterocycles. The minimum Gasteiger partial charge on any atom is -0.341 e. The van der Waals surface area contributed by atoms with Crippen molar-refractivity contribution in [3.63, 3.8) is 0 Å². The Morgan fingerprint density at radius 1 is 1.42 bits per heavy atom. The molecule has 2 bridgehead atoms. The summed E-state index contributed by atoms with van der Waals surface area (Å²) in [6.45, 7) is 1.87. The molecule has 0 spiro atoms. The summed E-state index contributed by atoms with van der Waals surface area (Å²) in [5, 5.41) is 7.26. The van der Waals surface area contributed by atoms with E-state index in [9.17, 15) is 9.18 Å². The van der Waals surface area contributed by atoms with Crippen LogP contribution < -0.4 is 5.32 Å². The van der Waals surface area contributed by atoms with Crippen molar-refractivity contribution in [3.8, 4) is 0 Å². The summed E-state index contributed by atoms with van der Waals surface area (Å²) in [7, 11) is 0. The first kappa shape index (κ1) is 14.1. The normalized spacial score (nSPS) is 33.2. The van der Waals surface area contributed by atoms with Crippen LogP contribution in [0.4, 0.5) is 4.39 Å². The number of aromatic nitrogens is 2. The van der Waals surface area contributed by atoms with Crippen LogP contribution in [0.15, 0.2) is 22.7 Å². The van der Waals surface area contributed by atoms with Crippen LogP contribution in [0.25, 0.3) is 0 Å². The zero-order chi connectivity index (χ0) is 16.5. The summed E-state index contributed by atoms with van der Waals surface area (Å²) in [5.41, 5.74) is 1.39. The fourth-order valence-electron chi connectivity index (χ4n) is 5.04. The average molecular weight is 327 g/mol. The molecule has 3 aliphatic rings. The van der Waals surface area contributed by atoms with Crippen molar-refractivity contribution < 1.29 is 13.7 Å². The number of carbonyl (C=O) groups excluding carboxylic acids is 1. The summed E-state index contributed by atoms with van der Waals surface area (Å²) in [6, 6.07) is 4.70. The van der Waals surface area contributed by atoms with Crippen molar-refractivity contribution in [1.82, 2.24) is 15.5 Å². The Morgan fingerprint density at radius 2 is 2.29 bits per heavy atom. The van der Waals surface area contributed by atoms with Gasteiger partial charge in [0, 0.05) is 18.3 Å². The Labute approximate surface area is 138 Å². The molecule has 1 saturated heterocycles. The second kappa shape index (κ2) is 4.65. The summed E-state index contributed by atoms with van der Waals surface area (Å²) in [4.78, 5) is 16.8. The average Bonchev–Trinajstić information content (AvgIpc) is 3.25. The van der Waals surface area contributed by atoms with Crippen molar-refractivity contribution in [2.75, 3.05) is 0 Å². The quantitative estimate of drug-likeness (QED) is 0.940. The van der Waals surface area contributed by atoms with Crippen LogP contribution in [0.2, 0.25) is 0 Å². The zero-order valence-electron chi connectivity index (χ0n) is 13.4. The van der Waals surface area contributed by atoms with Gasteiger partial charge in [0.25, 0.3) is 5.89 Å². The first-order valence-electron chi connectivity index (χ1n) is 8.45. The molecule has 2 aromatic rings. The first-order valence-corrected chi connectivity index (χ1v) is 8.45. The first-order chi connectivity index (χ1) is 11.5. The number of nitrogens with one attached hydrogen (secondary N) is 1. The second-order valence-corrected chi connectivity index (χ2v) is 7.48. The van der Waals surface area contributed by atoms with Crippen molar-refractivity contribution >= 4 is 5.91 Å².